The number of fused-ring (bicyclic) bond motifs is 1. The minimum absolute atomic E-state index is 0.0900. The molecule has 4 aromatic rings. The lowest BCUT2D eigenvalue weighted by Crippen LogP contribution is -2.29. The van der Waals surface area contributed by atoms with Crippen molar-refractivity contribution in [1.82, 2.24) is 9.55 Å². The van der Waals surface area contributed by atoms with Crippen molar-refractivity contribution >= 4 is 35.3 Å². The number of anilines is 1. The Morgan fingerprint density at radius 1 is 0.903 bits per heavy atom. The second-order valence-electron chi connectivity index (χ2n) is 7.22. The number of carbonyl (C=O) groups excluding carboxylic acids is 1. The Morgan fingerprint density at radius 3 is 2.16 bits per heavy atom. The zero-order chi connectivity index (χ0) is 21.2. The molecule has 0 saturated heterocycles. The van der Waals surface area contributed by atoms with Gasteiger partial charge in [-0.1, -0.05) is 90.6 Å². The van der Waals surface area contributed by atoms with Crippen LogP contribution in [0.3, 0.4) is 0 Å². The molecule has 2 heterocycles. The Kier molecular flexibility index (Phi) is 5.57. The van der Waals surface area contributed by atoms with Crippen molar-refractivity contribution in [3.05, 3.63) is 108 Å². The number of Topliss-reactive ketones (excluding diaryl/α,β-unsaturated/α-hetero) is 1. The van der Waals surface area contributed by atoms with Crippen molar-refractivity contribution in [3.63, 3.8) is 0 Å². The molecule has 5 rings (SSSR count). The molecule has 1 aliphatic heterocycles. The second-order valence-corrected chi connectivity index (χ2v) is 9.12. The monoisotopic (exact) mass is 443 g/mol. The number of thioether (sulfide) groups is 1. The third-order valence-corrected chi connectivity index (χ3v) is 7.13. The highest BCUT2D eigenvalue weighted by Gasteiger charge is 2.39. The highest BCUT2D eigenvalue weighted by Crippen LogP contribution is 2.47. The van der Waals surface area contributed by atoms with E-state index in [1.54, 1.807) is 23.7 Å². The average Bonchev–Trinajstić information content (AvgIpc) is 3.23. The Morgan fingerprint density at radius 2 is 1.52 bits per heavy atom. The zero-order valence-corrected chi connectivity index (χ0v) is 18.6. The van der Waals surface area contributed by atoms with Gasteiger partial charge in [-0.3, -0.25) is 13.7 Å². The van der Waals surface area contributed by atoms with Crippen LogP contribution >= 0.6 is 23.7 Å². The van der Waals surface area contributed by atoms with E-state index in [0.29, 0.717) is 12.2 Å². The highest BCUT2D eigenvalue weighted by molar-refractivity contribution is 8.01. The first kappa shape index (κ1) is 20.0. The molecule has 0 bridgehead atoms. The second kappa shape index (κ2) is 8.65. The number of hydrogen-bond acceptors (Lipinski definition) is 5. The number of para-hydroxylation sites is 1. The van der Waals surface area contributed by atoms with E-state index >= 15 is 0 Å². The molecule has 1 atom stereocenters. The van der Waals surface area contributed by atoms with Crippen molar-refractivity contribution in [2.45, 2.75) is 17.0 Å². The van der Waals surface area contributed by atoms with Crippen molar-refractivity contribution in [2.75, 3.05) is 10.6 Å². The van der Waals surface area contributed by atoms with Crippen molar-refractivity contribution < 1.29 is 4.79 Å². The molecule has 0 aliphatic carbocycles. The Labute approximate surface area is 190 Å². The summed E-state index contributed by atoms with van der Waals surface area (Å²) in [6.07, 6.45) is 2.00. The fourth-order valence-electron chi connectivity index (χ4n) is 3.79. The first-order valence-electron chi connectivity index (χ1n) is 10.1. The standard InChI is InChI=1S/C25H21N3OS2/c1-30-25-26-24-21(28(25)20-15-9-4-10-16-20)22(29)23(19-13-7-3-8-14-19)31-27(24)17-18-11-5-2-6-12-18/h2-16,23H,17H2,1H3. The van der Waals surface area contributed by atoms with Crippen LogP contribution in [-0.2, 0) is 6.54 Å². The van der Waals surface area contributed by atoms with Crippen LogP contribution < -0.4 is 4.31 Å². The molecule has 4 nitrogen and oxygen atoms in total. The summed E-state index contributed by atoms with van der Waals surface area (Å²) >= 11 is 3.11. The number of benzene rings is 3. The third kappa shape index (κ3) is 3.77. The highest BCUT2D eigenvalue weighted by atomic mass is 32.2. The summed E-state index contributed by atoms with van der Waals surface area (Å²) in [5, 5.41) is 0.503. The van der Waals surface area contributed by atoms with Gasteiger partial charge in [0.05, 0.1) is 6.54 Å². The summed E-state index contributed by atoms with van der Waals surface area (Å²) < 4.78 is 4.18. The van der Waals surface area contributed by atoms with Gasteiger partial charge in [-0.15, -0.1) is 0 Å². The molecule has 1 unspecified atom stereocenters. The minimum atomic E-state index is -0.314. The number of aromatic nitrogens is 2. The van der Waals surface area contributed by atoms with Gasteiger partial charge >= 0.3 is 0 Å². The molecule has 6 heteroatoms. The lowest BCUT2D eigenvalue weighted by molar-refractivity contribution is 0.0981. The number of nitrogens with zero attached hydrogens (tertiary/aromatic N) is 3. The molecule has 3 aromatic carbocycles. The van der Waals surface area contributed by atoms with Crippen LogP contribution in [0.15, 0.2) is 96.2 Å². The fraction of sp³-hybridized carbons (Fsp3) is 0.120. The lowest BCUT2D eigenvalue weighted by atomic mass is 10.1. The van der Waals surface area contributed by atoms with Gasteiger partial charge in [-0.05, 0) is 41.5 Å². The quantitative estimate of drug-likeness (QED) is 0.272. The molecule has 0 radical (unpaired) electrons. The van der Waals surface area contributed by atoms with Crippen LogP contribution in [0.25, 0.3) is 5.69 Å². The van der Waals surface area contributed by atoms with E-state index in [9.17, 15) is 4.79 Å². The smallest absolute Gasteiger partial charge is 0.202 e. The van der Waals surface area contributed by atoms with E-state index < -0.39 is 0 Å². The van der Waals surface area contributed by atoms with E-state index in [-0.39, 0.29) is 11.0 Å². The topological polar surface area (TPSA) is 38.1 Å². The molecule has 1 aliphatic rings. The predicted octanol–water partition coefficient (Wildman–Crippen LogP) is 6.19. The summed E-state index contributed by atoms with van der Waals surface area (Å²) in [5.74, 6) is 0.825. The van der Waals surface area contributed by atoms with Crippen LogP contribution in [0.2, 0.25) is 0 Å². The fourth-order valence-corrected chi connectivity index (χ4v) is 5.54. The SMILES string of the molecule is CSc1nc2c(n1-c1ccccc1)C(=O)C(c1ccccc1)SN2Cc1ccccc1. The lowest BCUT2D eigenvalue weighted by Gasteiger charge is -2.31. The van der Waals surface area contributed by atoms with E-state index in [1.807, 2.05) is 89.7 Å². The summed E-state index contributed by atoms with van der Waals surface area (Å²) in [5.41, 5.74) is 3.79. The maximum atomic E-state index is 13.8. The van der Waals surface area contributed by atoms with Crippen LogP contribution in [0.4, 0.5) is 5.82 Å². The van der Waals surface area contributed by atoms with Crippen LogP contribution in [0.5, 0.6) is 0 Å². The van der Waals surface area contributed by atoms with E-state index in [2.05, 4.69) is 16.4 Å². The molecular weight excluding hydrogens is 422 g/mol. The van der Waals surface area contributed by atoms with Gasteiger partial charge in [0.15, 0.2) is 11.0 Å². The molecule has 0 spiro atoms. The van der Waals surface area contributed by atoms with Crippen molar-refractivity contribution in [2.24, 2.45) is 0 Å². The van der Waals surface area contributed by atoms with Gasteiger partial charge in [0, 0.05) is 5.69 Å². The molecule has 1 aromatic heterocycles. The van der Waals surface area contributed by atoms with Crippen LogP contribution in [0, 0.1) is 0 Å². The molecule has 0 fully saturated rings. The van der Waals surface area contributed by atoms with Gasteiger partial charge in [0.1, 0.15) is 10.9 Å². The Hall–Kier alpha value is -2.96. The number of ketones is 1. The van der Waals surface area contributed by atoms with E-state index in [4.69, 9.17) is 4.98 Å². The Bertz CT molecular complexity index is 1190. The summed E-state index contributed by atoms with van der Waals surface area (Å²) in [6.45, 7) is 0.675. The molecule has 154 valence electrons. The van der Waals surface area contributed by atoms with E-state index in [0.717, 1.165) is 22.2 Å². The van der Waals surface area contributed by atoms with Crippen molar-refractivity contribution in [1.29, 1.82) is 0 Å². The largest absolute Gasteiger partial charge is 0.293 e. The van der Waals surface area contributed by atoms with Gasteiger partial charge in [0.25, 0.3) is 0 Å². The van der Waals surface area contributed by atoms with Gasteiger partial charge in [0.2, 0.25) is 5.78 Å². The minimum Gasteiger partial charge on any atom is -0.293 e. The average molecular weight is 444 g/mol. The summed E-state index contributed by atoms with van der Waals surface area (Å²) in [7, 11) is 0. The number of rotatable bonds is 5. The molecular formula is C25H21N3OS2. The molecule has 0 N–H and O–H groups in total. The summed E-state index contributed by atoms with van der Waals surface area (Å²) in [4.78, 5) is 18.7. The number of carbonyl (C=O) groups is 1. The first-order valence-corrected chi connectivity index (χ1v) is 12.1. The first-order chi connectivity index (χ1) is 15.3. The number of hydrogen-bond donors (Lipinski definition) is 0. The molecule has 0 amide bonds. The van der Waals surface area contributed by atoms with Crippen LogP contribution in [0.1, 0.15) is 26.9 Å². The zero-order valence-electron chi connectivity index (χ0n) is 17.0. The van der Waals surface area contributed by atoms with Gasteiger partial charge in [-0.2, -0.15) is 0 Å². The predicted molar refractivity (Wildman–Crippen MR) is 129 cm³/mol. The van der Waals surface area contributed by atoms with Crippen molar-refractivity contribution in [3.8, 4) is 5.69 Å². The van der Waals surface area contributed by atoms with E-state index in [1.165, 1.54) is 5.56 Å². The van der Waals surface area contributed by atoms with Gasteiger partial charge < -0.3 is 0 Å². The van der Waals surface area contributed by atoms with Gasteiger partial charge in [-0.25, -0.2) is 4.98 Å². The molecule has 31 heavy (non-hydrogen) atoms. The maximum Gasteiger partial charge on any atom is 0.202 e. The van der Waals surface area contributed by atoms with Crippen LogP contribution in [-0.4, -0.2) is 21.6 Å². The third-order valence-electron chi connectivity index (χ3n) is 5.24. The molecule has 0 saturated carbocycles. The number of imidazole rings is 1. The Balaban J connectivity index is 1.68. The normalized spacial score (nSPS) is 15.7. The summed E-state index contributed by atoms with van der Waals surface area (Å²) in [6, 6.07) is 30.3. The maximum absolute atomic E-state index is 13.8.